The average molecular weight is 280 g/mol. The highest BCUT2D eigenvalue weighted by Gasteiger charge is 2.36. The van der Waals surface area contributed by atoms with E-state index in [1.165, 1.54) is 0 Å². The molecule has 2 aliphatic rings. The quantitative estimate of drug-likeness (QED) is 0.270. The molecule has 6 atom stereocenters. The predicted octanol–water partition coefficient (Wildman–Crippen LogP) is -4.31. The van der Waals surface area contributed by atoms with Crippen molar-refractivity contribution in [3.05, 3.63) is 0 Å². The summed E-state index contributed by atoms with van der Waals surface area (Å²) in [6.07, 6.45) is -3.03. The van der Waals surface area contributed by atoms with Crippen LogP contribution in [0, 0.1) is 0 Å². The highest BCUT2D eigenvalue weighted by Crippen LogP contribution is 2.15. The van der Waals surface area contributed by atoms with Crippen LogP contribution in [-0.2, 0) is 0 Å². The smallest absolute Gasteiger partial charge is 0.0988 e. The molecule has 2 heterocycles. The molecule has 2 rings (SSSR count). The highest BCUT2D eigenvalue weighted by molar-refractivity contribution is 4.91. The van der Waals surface area contributed by atoms with Gasteiger partial charge >= 0.3 is 0 Å². The molecule has 0 aromatic rings. The van der Waals surface area contributed by atoms with E-state index in [1.807, 2.05) is 0 Å². The number of nitrogens with zero attached hydrogens (tertiary/aromatic N) is 1. The molecule has 0 aromatic heterocycles. The number of nitrogens with one attached hydrogen (secondary N) is 1. The maximum atomic E-state index is 9.18. The first-order valence-electron chi connectivity index (χ1n) is 6.30. The second-order valence-electron chi connectivity index (χ2n) is 5.00. The summed E-state index contributed by atoms with van der Waals surface area (Å²) in [5.41, 5.74) is 0. The Kier molecular flexibility index (Phi) is 6.57. The van der Waals surface area contributed by atoms with Crippen LogP contribution in [0.15, 0.2) is 0 Å². The van der Waals surface area contributed by atoms with Gasteiger partial charge in [-0.25, -0.2) is 0 Å². The molecule has 19 heavy (non-hydrogen) atoms. The van der Waals surface area contributed by atoms with Crippen LogP contribution in [0.4, 0.5) is 0 Å². The minimum absolute atomic E-state index is 0.102. The maximum Gasteiger partial charge on any atom is 0.0988 e. The lowest BCUT2D eigenvalue weighted by atomic mass is 10.1. The van der Waals surface area contributed by atoms with Crippen molar-refractivity contribution in [1.82, 2.24) is 10.2 Å². The molecule has 0 aliphatic carbocycles. The molecule has 114 valence electrons. The second-order valence-corrected chi connectivity index (χ2v) is 5.00. The second kappa shape index (κ2) is 7.46. The number of aliphatic hydroxyl groups excluding tert-OH is 6. The fraction of sp³-hybridized carbons (Fsp3) is 1.00. The Morgan fingerprint density at radius 2 is 1.63 bits per heavy atom. The Balaban J connectivity index is 0.000000191. The lowest BCUT2D eigenvalue weighted by Gasteiger charge is -2.18. The van der Waals surface area contributed by atoms with Gasteiger partial charge in [0.25, 0.3) is 0 Å². The molecule has 2 fully saturated rings. The Morgan fingerprint density at radius 1 is 1.00 bits per heavy atom. The van der Waals surface area contributed by atoms with Gasteiger partial charge in [-0.2, -0.15) is 0 Å². The van der Waals surface area contributed by atoms with Gasteiger partial charge in [0.15, 0.2) is 0 Å². The number of likely N-dealkylation sites (N-methyl/N-ethyl adjacent to an activating group) is 1. The number of hydrogen-bond donors (Lipinski definition) is 7. The molecular weight excluding hydrogens is 256 g/mol. The maximum absolute atomic E-state index is 9.18. The number of hydrogen-bond acceptors (Lipinski definition) is 8. The molecule has 0 unspecified atom stereocenters. The minimum Gasteiger partial charge on any atom is -0.395 e. The number of rotatable bonds is 2. The van der Waals surface area contributed by atoms with Crippen molar-refractivity contribution in [2.75, 3.05) is 33.4 Å². The SMILES string of the molecule is CN1C[C@H](O)[C@@H](O)[C@@H]1CO.OC[C@@H]1NC[C@H](O)[C@H]1O. The largest absolute Gasteiger partial charge is 0.395 e. The van der Waals surface area contributed by atoms with Gasteiger partial charge in [-0.1, -0.05) is 0 Å². The predicted molar refractivity (Wildman–Crippen MR) is 66.4 cm³/mol. The summed E-state index contributed by atoms with van der Waals surface area (Å²) in [4.78, 5) is 1.75. The van der Waals surface area contributed by atoms with Gasteiger partial charge in [-0.15, -0.1) is 0 Å². The van der Waals surface area contributed by atoms with Crippen molar-refractivity contribution < 1.29 is 30.6 Å². The van der Waals surface area contributed by atoms with Gasteiger partial charge in [-0.05, 0) is 7.05 Å². The first-order valence-corrected chi connectivity index (χ1v) is 6.30. The summed E-state index contributed by atoms with van der Waals surface area (Å²) in [5, 5.41) is 56.1. The molecule has 7 N–H and O–H groups in total. The van der Waals surface area contributed by atoms with E-state index in [4.69, 9.17) is 25.5 Å². The monoisotopic (exact) mass is 280 g/mol. The van der Waals surface area contributed by atoms with Crippen LogP contribution in [0.2, 0.25) is 0 Å². The Hall–Kier alpha value is -0.320. The molecule has 0 amide bonds. The Bertz CT molecular complexity index is 270. The molecule has 2 aliphatic heterocycles. The van der Waals surface area contributed by atoms with Gasteiger partial charge in [0.2, 0.25) is 0 Å². The Morgan fingerprint density at radius 3 is 1.84 bits per heavy atom. The first-order chi connectivity index (χ1) is 8.92. The molecule has 8 heteroatoms. The van der Waals surface area contributed by atoms with Crippen molar-refractivity contribution in [3.63, 3.8) is 0 Å². The van der Waals surface area contributed by atoms with Crippen LogP contribution in [-0.4, -0.2) is 105 Å². The summed E-state index contributed by atoms with van der Waals surface area (Å²) in [6, 6.07) is -0.644. The van der Waals surface area contributed by atoms with Crippen molar-refractivity contribution in [1.29, 1.82) is 0 Å². The van der Waals surface area contributed by atoms with Crippen molar-refractivity contribution in [3.8, 4) is 0 Å². The zero-order valence-corrected chi connectivity index (χ0v) is 10.9. The summed E-state index contributed by atoms with van der Waals surface area (Å²) in [5.74, 6) is 0. The summed E-state index contributed by atoms with van der Waals surface area (Å²) in [6.45, 7) is 0.575. The van der Waals surface area contributed by atoms with E-state index in [1.54, 1.807) is 11.9 Å². The minimum atomic E-state index is -0.810. The van der Waals surface area contributed by atoms with Crippen LogP contribution in [0.3, 0.4) is 0 Å². The molecule has 0 radical (unpaired) electrons. The van der Waals surface area contributed by atoms with Gasteiger partial charge in [0, 0.05) is 13.1 Å². The lowest BCUT2D eigenvalue weighted by molar-refractivity contribution is 0.0237. The Labute approximate surface area is 111 Å². The number of β-amino-alcohol motifs (C(OH)–C–C–N with tert-alkyl or cyclic N) is 2. The van der Waals surface area contributed by atoms with Crippen LogP contribution in [0.25, 0.3) is 0 Å². The van der Waals surface area contributed by atoms with E-state index in [0.717, 1.165) is 0 Å². The molecule has 0 spiro atoms. The van der Waals surface area contributed by atoms with Crippen molar-refractivity contribution in [2.45, 2.75) is 36.5 Å². The summed E-state index contributed by atoms with van der Waals surface area (Å²) < 4.78 is 0. The molecular formula is C11H24N2O6. The molecule has 0 aromatic carbocycles. The number of aliphatic hydroxyl groups is 6. The standard InChI is InChI=1S/C6H13NO3.C5H11NO3/c1-7-2-5(9)6(10)4(7)3-8;7-2-3-5(9)4(8)1-6-3/h4-6,8-10H,2-3H2,1H3;3-9H,1-2H2/t4-,5-,6-;3-,4-,5-/m00/s1. The van der Waals surface area contributed by atoms with Gasteiger partial charge in [0.1, 0.15) is 0 Å². The van der Waals surface area contributed by atoms with Gasteiger partial charge in [0.05, 0.1) is 49.7 Å². The fourth-order valence-electron chi connectivity index (χ4n) is 2.26. The number of likely N-dealkylation sites (tertiary alicyclic amines) is 1. The summed E-state index contributed by atoms with van der Waals surface area (Å²) >= 11 is 0. The summed E-state index contributed by atoms with van der Waals surface area (Å²) in [7, 11) is 1.76. The molecule has 2 saturated heterocycles. The van der Waals surface area contributed by atoms with Crippen LogP contribution in [0.1, 0.15) is 0 Å². The van der Waals surface area contributed by atoms with E-state index < -0.39 is 24.4 Å². The van der Waals surface area contributed by atoms with Gasteiger partial charge < -0.3 is 36.0 Å². The van der Waals surface area contributed by atoms with Crippen LogP contribution >= 0.6 is 0 Å². The highest BCUT2D eigenvalue weighted by atomic mass is 16.3. The first kappa shape index (κ1) is 16.7. The molecule has 0 bridgehead atoms. The van der Waals surface area contributed by atoms with E-state index in [2.05, 4.69) is 5.32 Å². The third kappa shape index (κ3) is 4.07. The third-order valence-electron chi connectivity index (χ3n) is 3.61. The zero-order valence-electron chi connectivity index (χ0n) is 10.9. The van der Waals surface area contributed by atoms with Crippen molar-refractivity contribution in [2.24, 2.45) is 0 Å². The normalized spacial score (nSPS) is 43.1. The van der Waals surface area contributed by atoms with Gasteiger partial charge in [-0.3, -0.25) is 4.90 Å². The zero-order chi connectivity index (χ0) is 14.6. The van der Waals surface area contributed by atoms with E-state index in [0.29, 0.717) is 13.1 Å². The third-order valence-corrected chi connectivity index (χ3v) is 3.61. The van der Waals surface area contributed by atoms with Crippen LogP contribution < -0.4 is 5.32 Å². The van der Waals surface area contributed by atoms with E-state index in [9.17, 15) is 5.11 Å². The van der Waals surface area contributed by atoms with E-state index >= 15 is 0 Å². The molecule has 8 nitrogen and oxygen atoms in total. The average Bonchev–Trinajstić information content (AvgIpc) is 2.82. The molecule has 0 saturated carbocycles. The lowest BCUT2D eigenvalue weighted by Crippen LogP contribution is -2.36. The van der Waals surface area contributed by atoms with Crippen molar-refractivity contribution >= 4 is 0 Å². The van der Waals surface area contributed by atoms with Crippen LogP contribution in [0.5, 0.6) is 0 Å². The topological polar surface area (TPSA) is 137 Å². The van der Waals surface area contributed by atoms with E-state index in [-0.39, 0.29) is 25.3 Å². The fourth-order valence-corrected chi connectivity index (χ4v) is 2.26.